The van der Waals surface area contributed by atoms with E-state index in [9.17, 15) is 4.79 Å². The summed E-state index contributed by atoms with van der Waals surface area (Å²) in [7, 11) is 0. The van der Waals surface area contributed by atoms with Gasteiger partial charge in [0.1, 0.15) is 5.75 Å². The van der Waals surface area contributed by atoms with Gasteiger partial charge in [-0.15, -0.1) is 0 Å². The molecule has 0 aliphatic rings. The summed E-state index contributed by atoms with van der Waals surface area (Å²) in [4.78, 5) is 14.9. The number of carbonyl (C=O) groups excluding carboxylic acids is 1. The van der Waals surface area contributed by atoms with Crippen LogP contribution in [0.15, 0.2) is 42.6 Å². The van der Waals surface area contributed by atoms with Crippen LogP contribution < -0.4 is 10.5 Å². The number of pyridine rings is 1. The Labute approximate surface area is 112 Å². The Hall–Kier alpha value is -1.63. The number of carbonyl (C=O) groups is 1. The minimum Gasteiger partial charge on any atom is -0.438 e. The lowest BCUT2D eigenvalue weighted by molar-refractivity contribution is 0.1000. The number of para-hydroxylation sites is 1. The highest BCUT2D eigenvalue weighted by atomic mass is 127. The number of benzene rings is 1. The molecule has 5 heteroatoms. The summed E-state index contributed by atoms with van der Waals surface area (Å²) in [6.07, 6.45) is 1.40. The van der Waals surface area contributed by atoms with E-state index in [2.05, 4.69) is 27.6 Å². The number of nitrogens with two attached hydrogens (primary N) is 1. The molecule has 4 nitrogen and oxygen atoms in total. The summed E-state index contributed by atoms with van der Waals surface area (Å²) < 4.78 is 6.56. The van der Waals surface area contributed by atoms with Crippen molar-refractivity contribution in [2.75, 3.05) is 0 Å². The van der Waals surface area contributed by atoms with Crippen molar-refractivity contribution in [1.82, 2.24) is 4.98 Å². The number of nitrogens with zero attached hydrogens (tertiary/aromatic N) is 1. The van der Waals surface area contributed by atoms with Gasteiger partial charge >= 0.3 is 0 Å². The Morgan fingerprint density at radius 1 is 1.24 bits per heavy atom. The molecule has 2 aromatic rings. The van der Waals surface area contributed by atoms with Gasteiger partial charge in [0, 0.05) is 12.3 Å². The number of hydrogen-bond acceptors (Lipinski definition) is 3. The number of ether oxygens (including phenoxy) is 1. The van der Waals surface area contributed by atoms with Crippen LogP contribution in [0.2, 0.25) is 0 Å². The Morgan fingerprint density at radius 2 is 2.00 bits per heavy atom. The monoisotopic (exact) mass is 340 g/mol. The molecule has 1 heterocycles. The van der Waals surface area contributed by atoms with Gasteiger partial charge in [0.15, 0.2) is 0 Å². The van der Waals surface area contributed by atoms with E-state index in [-0.39, 0.29) is 0 Å². The molecule has 1 amide bonds. The average molecular weight is 340 g/mol. The molecule has 0 fully saturated rings. The van der Waals surface area contributed by atoms with E-state index < -0.39 is 5.91 Å². The molecule has 1 aromatic heterocycles. The highest BCUT2D eigenvalue weighted by Crippen LogP contribution is 2.24. The molecule has 0 saturated heterocycles. The number of rotatable bonds is 3. The zero-order valence-corrected chi connectivity index (χ0v) is 10.9. The van der Waals surface area contributed by atoms with Gasteiger partial charge in [0.05, 0.1) is 9.13 Å². The molecular formula is C12H9IN2O2. The third-order valence-corrected chi connectivity index (χ3v) is 2.96. The summed E-state index contributed by atoms with van der Waals surface area (Å²) >= 11 is 2.18. The number of halogens is 1. The van der Waals surface area contributed by atoms with Gasteiger partial charge in [0.2, 0.25) is 11.8 Å². The van der Waals surface area contributed by atoms with Crippen molar-refractivity contribution in [3.63, 3.8) is 0 Å². The Balaban J connectivity index is 2.20. The standard InChI is InChI=1S/C12H9IN2O2/c13-9-3-1-2-4-10(9)17-11-6-5-8(7-15-11)12(14)16/h1-7H,(H2,14,16). The van der Waals surface area contributed by atoms with Crippen molar-refractivity contribution in [3.05, 3.63) is 51.7 Å². The molecule has 0 aliphatic heterocycles. The van der Waals surface area contributed by atoms with Gasteiger partial charge in [-0.2, -0.15) is 0 Å². The lowest BCUT2D eigenvalue weighted by atomic mass is 10.3. The van der Waals surface area contributed by atoms with Crippen molar-refractivity contribution in [3.8, 4) is 11.6 Å². The van der Waals surface area contributed by atoms with Crippen molar-refractivity contribution >= 4 is 28.5 Å². The zero-order valence-electron chi connectivity index (χ0n) is 8.76. The number of hydrogen-bond donors (Lipinski definition) is 1. The maximum Gasteiger partial charge on any atom is 0.250 e. The molecule has 0 unspecified atom stereocenters. The largest absolute Gasteiger partial charge is 0.438 e. The quantitative estimate of drug-likeness (QED) is 0.874. The normalized spacial score (nSPS) is 9.94. The van der Waals surface area contributed by atoms with Crippen LogP contribution in [0, 0.1) is 3.57 Å². The SMILES string of the molecule is NC(=O)c1ccc(Oc2ccccc2I)nc1. The first-order chi connectivity index (χ1) is 8.16. The second kappa shape index (κ2) is 5.13. The first kappa shape index (κ1) is 11.8. The summed E-state index contributed by atoms with van der Waals surface area (Å²) in [6, 6.07) is 10.8. The molecule has 1 aromatic carbocycles. The van der Waals surface area contributed by atoms with Gasteiger partial charge in [-0.05, 0) is 40.8 Å². The maximum absolute atomic E-state index is 10.9. The van der Waals surface area contributed by atoms with Crippen LogP contribution in [0.25, 0.3) is 0 Å². The molecule has 0 saturated carbocycles. The van der Waals surface area contributed by atoms with E-state index in [1.165, 1.54) is 6.20 Å². The minimum atomic E-state index is -0.502. The van der Waals surface area contributed by atoms with Crippen LogP contribution >= 0.6 is 22.6 Å². The van der Waals surface area contributed by atoms with Crippen molar-refractivity contribution in [1.29, 1.82) is 0 Å². The number of aromatic nitrogens is 1. The van der Waals surface area contributed by atoms with E-state index in [0.29, 0.717) is 11.4 Å². The van der Waals surface area contributed by atoms with Crippen LogP contribution in [0.3, 0.4) is 0 Å². The smallest absolute Gasteiger partial charge is 0.250 e. The van der Waals surface area contributed by atoms with E-state index in [4.69, 9.17) is 10.5 Å². The fraction of sp³-hybridized carbons (Fsp3) is 0. The molecule has 0 spiro atoms. The summed E-state index contributed by atoms with van der Waals surface area (Å²) in [5.41, 5.74) is 5.48. The maximum atomic E-state index is 10.9. The Kier molecular flexibility index (Phi) is 3.58. The Morgan fingerprint density at radius 3 is 2.59 bits per heavy atom. The summed E-state index contributed by atoms with van der Waals surface area (Å²) in [6.45, 7) is 0. The lowest BCUT2D eigenvalue weighted by Crippen LogP contribution is -2.10. The fourth-order valence-electron chi connectivity index (χ4n) is 1.23. The average Bonchev–Trinajstić information content (AvgIpc) is 2.33. The van der Waals surface area contributed by atoms with E-state index in [0.717, 1.165) is 9.32 Å². The van der Waals surface area contributed by atoms with Crippen molar-refractivity contribution in [2.45, 2.75) is 0 Å². The predicted octanol–water partition coefficient (Wildman–Crippen LogP) is 2.58. The summed E-state index contributed by atoms with van der Waals surface area (Å²) in [5, 5.41) is 0. The van der Waals surface area contributed by atoms with Gasteiger partial charge in [-0.25, -0.2) is 4.98 Å². The van der Waals surface area contributed by atoms with Gasteiger partial charge < -0.3 is 10.5 Å². The fourth-order valence-corrected chi connectivity index (χ4v) is 1.72. The van der Waals surface area contributed by atoms with Crippen LogP contribution in [0.5, 0.6) is 11.6 Å². The lowest BCUT2D eigenvalue weighted by Gasteiger charge is -2.06. The molecular weight excluding hydrogens is 331 g/mol. The first-order valence-electron chi connectivity index (χ1n) is 4.85. The summed E-state index contributed by atoms with van der Waals surface area (Å²) in [5.74, 6) is 0.657. The van der Waals surface area contributed by atoms with Crippen LogP contribution in [0.4, 0.5) is 0 Å². The molecule has 0 aliphatic carbocycles. The van der Waals surface area contributed by atoms with E-state index >= 15 is 0 Å². The molecule has 0 atom stereocenters. The molecule has 0 radical (unpaired) electrons. The number of primary amides is 1. The van der Waals surface area contributed by atoms with Gasteiger partial charge in [-0.1, -0.05) is 12.1 Å². The zero-order chi connectivity index (χ0) is 12.3. The molecule has 17 heavy (non-hydrogen) atoms. The topological polar surface area (TPSA) is 65.2 Å². The van der Waals surface area contributed by atoms with Crippen LogP contribution in [0.1, 0.15) is 10.4 Å². The molecule has 2 N–H and O–H groups in total. The van der Waals surface area contributed by atoms with E-state index in [1.807, 2.05) is 24.3 Å². The second-order valence-electron chi connectivity index (χ2n) is 3.28. The third kappa shape index (κ3) is 2.94. The molecule has 2 rings (SSSR count). The Bertz CT molecular complexity index is 540. The second-order valence-corrected chi connectivity index (χ2v) is 4.44. The van der Waals surface area contributed by atoms with Gasteiger partial charge in [0.25, 0.3) is 0 Å². The highest BCUT2D eigenvalue weighted by molar-refractivity contribution is 14.1. The number of amides is 1. The first-order valence-corrected chi connectivity index (χ1v) is 5.93. The van der Waals surface area contributed by atoms with Crippen LogP contribution in [-0.4, -0.2) is 10.9 Å². The van der Waals surface area contributed by atoms with Crippen molar-refractivity contribution < 1.29 is 9.53 Å². The molecule has 0 bridgehead atoms. The van der Waals surface area contributed by atoms with E-state index in [1.54, 1.807) is 12.1 Å². The van der Waals surface area contributed by atoms with Crippen molar-refractivity contribution in [2.24, 2.45) is 5.73 Å². The predicted molar refractivity (Wildman–Crippen MR) is 72.0 cm³/mol. The highest BCUT2D eigenvalue weighted by Gasteiger charge is 2.04. The minimum absolute atomic E-state index is 0.361. The van der Waals surface area contributed by atoms with Gasteiger partial charge in [-0.3, -0.25) is 4.79 Å². The third-order valence-electron chi connectivity index (χ3n) is 2.07. The molecule has 86 valence electrons. The van der Waals surface area contributed by atoms with Crippen LogP contribution in [-0.2, 0) is 0 Å².